The maximum absolute atomic E-state index is 3.38. The quantitative estimate of drug-likeness (QED) is 0.555. The van der Waals surface area contributed by atoms with Gasteiger partial charge in [-0.25, -0.2) is 0 Å². The molecule has 0 fully saturated rings. The summed E-state index contributed by atoms with van der Waals surface area (Å²) in [5.74, 6) is 7.87. The van der Waals surface area contributed by atoms with Gasteiger partial charge in [0.2, 0.25) is 0 Å². The molecule has 0 aliphatic heterocycles. The SMILES string of the molecule is CCCCC(CC)C(C)C#CC=CC(C)(C)C. The second kappa shape index (κ2) is 8.40. The third-order valence-corrected chi connectivity index (χ3v) is 3.14. The van der Waals surface area contributed by atoms with Crippen molar-refractivity contribution in [3.8, 4) is 11.8 Å². The highest BCUT2D eigenvalue weighted by atomic mass is 14.2. The van der Waals surface area contributed by atoms with Crippen LogP contribution < -0.4 is 0 Å². The first-order chi connectivity index (χ1) is 7.90. The van der Waals surface area contributed by atoms with E-state index in [9.17, 15) is 0 Å². The molecule has 0 saturated heterocycles. The molecule has 0 rings (SSSR count). The summed E-state index contributed by atoms with van der Waals surface area (Å²) < 4.78 is 0. The summed E-state index contributed by atoms with van der Waals surface area (Å²) in [6.07, 6.45) is 9.40. The molecule has 17 heavy (non-hydrogen) atoms. The van der Waals surface area contributed by atoms with Crippen LogP contribution in [0.25, 0.3) is 0 Å². The molecule has 0 nitrogen and oxygen atoms in total. The first-order valence-electron chi connectivity index (χ1n) is 7.09. The molecule has 0 spiro atoms. The van der Waals surface area contributed by atoms with Crippen molar-refractivity contribution in [2.24, 2.45) is 17.3 Å². The molecule has 0 aliphatic carbocycles. The van der Waals surface area contributed by atoms with Crippen LogP contribution in [0.2, 0.25) is 0 Å². The summed E-state index contributed by atoms with van der Waals surface area (Å²) in [6.45, 7) is 13.4. The van der Waals surface area contributed by atoms with Crippen LogP contribution in [0.15, 0.2) is 12.2 Å². The van der Waals surface area contributed by atoms with Gasteiger partial charge in [0, 0.05) is 5.92 Å². The van der Waals surface area contributed by atoms with Crippen molar-refractivity contribution in [3.05, 3.63) is 12.2 Å². The van der Waals surface area contributed by atoms with E-state index in [2.05, 4.69) is 59.5 Å². The minimum atomic E-state index is 0.240. The maximum atomic E-state index is 3.38. The molecule has 0 heterocycles. The molecule has 0 radical (unpaired) electrons. The molecule has 0 bridgehead atoms. The minimum absolute atomic E-state index is 0.240. The lowest BCUT2D eigenvalue weighted by atomic mass is 9.87. The highest BCUT2D eigenvalue weighted by Gasteiger charge is 2.12. The van der Waals surface area contributed by atoms with Gasteiger partial charge in [-0.3, -0.25) is 0 Å². The predicted octanol–water partition coefficient (Wildman–Crippen LogP) is 5.44. The predicted molar refractivity (Wildman–Crippen MR) is 78.8 cm³/mol. The molecule has 2 atom stereocenters. The standard InChI is InChI=1S/C17H30/c1-7-9-13-16(8-2)15(3)12-10-11-14-17(4,5)6/h11,14-16H,7-9,13H2,1-6H3. The molecule has 0 N–H and O–H groups in total. The van der Waals surface area contributed by atoms with Crippen molar-refractivity contribution in [1.29, 1.82) is 0 Å². The number of allylic oxidation sites excluding steroid dienone is 2. The van der Waals surface area contributed by atoms with Crippen LogP contribution in [-0.2, 0) is 0 Å². The van der Waals surface area contributed by atoms with Crippen LogP contribution in [-0.4, -0.2) is 0 Å². The Hall–Kier alpha value is -0.700. The summed E-state index contributed by atoms with van der Waals surface area (Å²) in [7, 11) is 0. The van der Waals surface area contributed by atoms with Gasteiger partial charge in [0.05, 0.1) is 0 Å². The van der Waals surface area contributed by atoms with Crippen molar-refractivity contribution in [2.45, 2.75) is 67.2 Å². The van der Waals surface area contributed by atoms with Crippen molar-refractivity contribution >= 4 is 0 Å². The Morgan fingerprint density at radius 1 is 1.18 bits per heavy atom. The van der Waals surface area contributed by atoms with Gasteiger partial charge in [0.1, 0.15) is 0 Å². The zero-order valence-corrected chi connectivity index (χ0v) is 12.6. The van der Waals surface area contributed by atoms with Gasteiger partial charge in [-0.1, -0.05) is 78.7 Å². The Kier molecular flexibility index (Phi) is 8.05. The van der Waals surface area contributed by atoms with Gasteiger partial charge in [0.25, 0.3) is 0 Å². The van der Waals surface area contributed by atoms with Crippen LogP contribution in [0.1, 0.15) is 67.2 Å². The Morgan fingerprint density at radius 3 is 2.29 bits per heavy atom. The lowest BCUT2D eigenvalue weighted by Crippen LogP contribution is -2.08. The number of hydrogen-bond donors (Lipinski definition) is 0. The van der Waals surface area contributed by atoms with Crippen molar-refractivity contribution in [2.75, 3.05) is 0 Å². The zero-order chi connectivity index (χ0) is 13.3. The minimum Gasteiger partial charge on any atom is -0.0951 e. The highest BCUT2D eigenvalue weighted by molar-refractivity contribution is 5.18. The van der Waals surface area contributed by atoms with E-state index in [0.717, 1.165) is 5.92 Å². The first kappa shape index (κ1) is 16.3. The van der Waals surface area contributed by atoms with Crippen LogP contribution in [0.4, 0.5) is 0 Å². The Bertz CT molecular complexity index is 267. The zero-order valence-electron chi connectivity index (χ0n) is 12.6. The van der Waals surface area contributed by atoms with Crippen molar-refractivity contribution in [1.82, 2.24) is 0 Å². The van der Waals surface area contributed by atoms with E-state index in [1.807, 2.05) is 6.08 Å². The van der Waals surface area contributed by atoms with Gasteiger partial charge in [-0.15, -0.1) is 0 Å². The van der Waals surface area contributed by atoms with E-state index in [0.29, 0.717) is 5.92 Å². The number of rotatable bonds is 5. The average Bonchev–Trinajstić information content (AvgIpc) is 2.24. The third-order valence-electron chi connectivity index (χ3n) is 3.14. The van der Waals surface area contributed by atoms with Crippen LogP contribution >= 0.6 is 0 Å². The molecule has 98 valence electrons. The first-order valence-corrected chi connectivity index (χ1v) is 7.09. The summed E-state index contributed by atoms with van der Waals surface area (Å²) >= 11 is 0. The smallest absolute Gasteiger partial charge is 0.0206 e. The van der Waals surface area contributed by atoms with Gasteiger partial charge in [-0.05, 0) is 23.8 Å². The molecule has 0 aromatic rings. The van der Waals surface area contributed by atoms with Crippen LogP contribution in [0.3, 0.4) is 0 Å². The second-order valence-corrected chi connectivity index (χ2v) is 6.09. The van der Waals surface area contributed by atoms with E-state index in [1.54, 1.807) is 0 Å². The van der Waals surface area contributed by atoms with E-state index >= 15 is 0 Å². The van der Waals surface area contributed by atoms with Crippen LogP contribution in [0.5, 0.6) is 0 Å². The highest BCUT2D eigenvalue weighted by Crippen LogP contribution is 2.21. The summed E-state index contributed by atoms with van der Waals surface area (Å²) in [5.41, 5.74) is 0.240. The molecule has 0 aromatic heterocycles. The van der Waals surface area contributed by atoms with Crippen LogP contribution in [0, 0.1) is 29.1 Å². The van der Waals surface area contributed by atoms with E-state index in [4.69, 9.17) is 0 Å². The normalized spacial score (nSPS) is 15.4. The van der Waals surface area contributed by atoms with Crippen molar-refractivity contribution < 1.29 is 0 Å². The summed E-state index contributed by atoms with van der Waals surface area (Å²) in [6, 6.07) is 0. The van der Waals surface area contributed by atoms with Gasteiger partial charge >= 0.3 is 0 Å². The van der Waals surface area contributed by atoms with E-state index in [1.165, 1.54) is 25.7 Å². The molecule has 0 aromatic carbocycles. The third kappa shape index (κ3) is 9.04. The molecular weight excluding hydrogens is 204 g/mol. The Morgan fingerprint density at radius 2 is 1.82 bits per heavy atom. The Balaban J connectivity index is 4.26. The average molecular weight is 234 g/mol. The van der Waals surface area contributed by atoms with Gasteiger partial charge < -0.3 is 0 Å². The fraction of sp³-hybridized carbons (Fsp3) is 0.765. The van der Waals surface area contributed by atoms with Crippen molar-refractivity contribution in [3.63, 3.8) is 0 Å². The van der Waals surface area contributed by atoms with E-state index in [-0.39, 0.29) is 5.41 Å². The fourth-order valence-electron chi connectivity index (χ4n) is 1.86. The number of unbranched alkanes of at least 4 members (excludes halogenated alkanes) is 1. The lowest BCUT2D eigenvalue weighted by molar-refractivity contribution is 0.377. The molecule has 0 saturated carbocycles. The maximum Gasteiger partial charge on any atom is 0.0206 e. The molecule has 2 unspecified atom stereocenters. The summed E-state index contributed by atoms with van der Waals surface area (Å²) in [5, 5.41) is 0. The summed E-state index contributed by atoms with van der Waals surface area (Å²) in [4.78, 5) is 0. The Labute approximate surface area is 109 Å². The largest absolute Gasteiger partial charge is 0.0951 e. The lowest BCUT2D eigenvalue weighted by Gasteiger charge is -2.17. The number of hydrogen-bond acceptors (Lipinski definition) is 0. The second-order valence-electron chi connectivity index (χ2n) is 6.09. The molecule has 0 aliphatic rings. The topological polar surface area (TPSA) is 0 Å². The van der Waals surface area contributed by atoms with E-state index < -0.39 is 0 Å². The fourth-order valence-corrected chi connectivity index (χ4v) is 1.86. The molecule has 0 heteroatoms. The molecular formula is C17H30. The molecule has 0 amide bonds. The van der Waals surface area contributed by atoms with Gasteiger partial charge in [-0.2, -0.15) is 0 Å². The monoisotopic (exact) mass is 234 g/mol. The van der Waals surface area contributed by atoms with Gasteiger partial charge in [0.15, 0.2) is 0 Å².